The van der Waals surface area contributed by atoms with Gasteiger partial charge in [-0.05, 0) is 30.3 Å². The van der Waals surface area contributed by atoms with E-state index in [1.54, 1.807) is 30.3 Å². The molecule has 10 nitrogen and oxygen atoms in total. The first kappa shape index (κ1) is 21.7. The second-order valence-electron chi connectivity index (χ2n) is 6.08. The second kappa shape index (κ2) is 8.38. The second-order valence-corrected chi connectivity index (χ2v) is 10.9. The number of carbonyl (C=O) groups excluding carboxylic acids is 1. The van der Waals surface area contributed by atoms with Gasteiger partial charge in [-0.2, -0.15) is 8.42 Å². The fourth-order valence-corrected chi connectivity index (χ4v) is 4.73. The van der Waals surface area contributed by atoms with Crippen LogP contribution in [0.25, 0.3) is 0 Å². The number of nitrogens with zero attached hydrogens (tertiary/aromatic N) is 3. The van der Waals surface area contributed by atoms with Crippen LogP contribution < -0.4 is 14.3 Å². The fraction of sp³-hybridized carbons (Fsp3) is 0.118. The van der Waals surface area contributed by atoms with Crippen molar-refractivity contribution >= 4 is 53.8 Å². The standard InChI is InChI=1S/C17H17N5O5S3/c1-22(29(2,24)25)14-10-6-9-13(11-14)21-30(26,27)17-20-19-16(28-17)18-15(23)12-7-4-3-5-8-12/h3-11,21H,1-2H3,(H,18,19,23). The van der Waals surface area contributed by atoms with Gasteiger partial charge in [0.05, 0.1) is 17.6 Å². The van der Waals surface area contributed by atoms with E-state index in [0.29, 0.717) is 16.9 Å². The fourth-order valence-electron chi connectivity index (χ4n) is 2.28. The van der Waals surface area contributed by atoms with Crippen molar-refractivity contribution in [1.29, 1.82) is 0 Å². The molecule has 0 aliphatic carbocycles. The zero-order valence-electron chi connectivity index (χ0n) is 15.8. The van der Waals surface area contributed by atoms with E-state index in [1.807, 2.05) is 0 Å². The molecule has 158 valence electrons. The highest BCUT2D eigenvalue weighted by molar-refractivity contribution is 7.94. The van der Waals surface area contributed by atoms with Gasteiger partial charge < -0.3 is 0 Å². The monoisotopic (exact) mass is 467 g/mol. The molecule has 0 atom stereocenters. The first-order valence-corrected chi connectivity index (χ1v) is 12.5. The number of rotatable bonds is 7. The van der Waals surface area contributed by atoms with Crippen molar-refractivity contribution in [2.75, 3.05) is 27.6 Å². The minimum absolute atomic E-state index is 0.0230. The summed E-state index contributed by atoms with van der Waals surface area (Å²) in [4.78, 5) is 12.2. The molecule has 0 fully saturated rings. The summed E-state index contributed by atoms with van der Waals surface area (Å²) in [6.07, 6.45) is 1.04. The minimum atomic E-state index is -4.10. The summed E-state index contributed by atoms with van der Waals surface area (Å²) in [5.41, 5.74) is 0.820. The van der Waals surface area contributed by atoms with Crippen molar-refractivity contribution in [3.05, 3.63) is 60.2 Å². The van der Waals surface area contributed by atoms with Crippen molar-refractivity contribution in [2.45, 2.75) is 4.34 Å². The van der Waals surface area contributed by atoms with E-state index in [-0.39, 0.29) is 20.8 Å². The Kier molecular flexibility index (Phi) is 6.05. The third-order valence-electron chi connectivity index (χ3n) is 3.85. The van der Waals surface area contributed by atoms with Gasteiger partial charge in [0, 0.05) is 12.6 Å². The molecule has 0 unspecified atom stereocenters. The average Bonchev–Trinajstić information content (AvgIpc) is 3.17. The lowest BCUT2D eigenvalue weighted by Crippen LogP contribution is -2.24. The van der Waals surface area contributed by atoms with Crippen molar-refractivity contribution < 1.29 is 21.6 Å². The SMILES string of the molecule is CN(c1cccc(NS(=O)(=O)c2nnc(NC(=O)c3ccccc3)s2)c1)S(C)(=O)=O. The predicted octanol–water partition coefficient (Wildman–Crippen LogP) is 1.99. The van der Waals surface area contributed by atoms with Gasteiger partial charge in [0.15, 0.2) is 0 Å². The van der Waals surface area contributed by atoms with Crippen LogP contribution in [0.2, 0.25) is 0 Å². The predicted molar refractivity (Wildman–Crippen MR) is 115 cm³/mol. The lowest BCUT2D eigenvalue weighted by molar-refractivity contribution is 0.102. The molecule has 30 heavy (non-hydrogen) atoms. The highest BCUT2D eigenvalue weighted by Gasteiger charge is 2.22. The summed E-state index contributed by atoms with van der Waals surface area (Å²) >= 11 is 0.686. The largest absolute Gasteiger partial charge is 0.296 e. The average molecular weight is 468 g/mol. The number of aromatic nitrogens is 2. The summed E-state index contributed by atoms with van der Waals surface area (Å²) in [5, 5.41) is 9.84. The minimum Gasteiger partial charge on any atom is -0.296 e. The summed E-state index contributed by atoms with van der Waals surface area (Å²) in [6.45, 7) is 0. The van der Waals surface area contributed by atoms with Crippen LogP contribution in [0.15, 0.2) is 58.9 Å². The number of sulfonamides is 2. The molecule has 2 aromatic carbocycles. The maximum Gasteiger partial charge on any atom is 0.291 e. The Morgan fingerprint density at radius 3 is 2.37 bits per heavy atom. The van der Waals surface area contributed by atoms with E-state index in [0.717, 1.165) is 10.6 Å². The molecular weight excluding hydrogens is 450 g/mol. The van der Waals surface area contributed by atoms with Crippen molar-refractivity contribution in [3.8, 4) is 0 Å². The third-order valence-corrected chi connectivity index (χ3v) is 7.65. The first-order valence-electron chi connectivity index (χ1n) is 8.33. The molecule has 13 heteroatoms. The quantitative estimate of drug-likeness (QED) is 0.507. The van der Waals surface area contributed by atoms with Crippen LogP contribution >= 0.6 is 11.3 Å². The zero-order valence-corrected chi connectivity index (χ0v) is 18.3. The highest BCUT2D eigenvalue weighted by Crippen LogP contribution is 2.25. The number of anilines is 3. The third kappa shape index (κ3) is 5.11. The van der Waals surface area contributed by atoms with E-state index < -0.39 is 26.0 Å². The van der Waals surface area contributed by atoms with Crippen LogP contribution in [0, 0.1) is 0 Å². The van der Waals surface area contributed by atoms with Gasteiger partial charge in [-0.1, -0.05) is 35.6 Å². The Balaban J connectivity index is 1.76. The molecule has 1 heterocycles. The van der Waals surface area contributed by atoms with E-state index in [4.69, 9.17) is 0 Å². The molecule has 0 bridgehead atoms. The summed E-state index contributed by atoms with van der Waals surface area (Å²) < 4.78 is 51.6. The number of amides is 1. The molecule has 0 aliphatic heterocycles. The molecule has 3 rings (SSSR count). The topological polar surface area (TPSA) is 138 Å². The summed E-state index contributed by atoms with van der Waals surface area (Å²) in [5.74, 6) is -0.444. The number of hydrogen-bond donors (Lipinski definition) is 2. The lowest BCUT2D eigenvalue weighted by Gasteiger charge is -2.17. The molecule has 0 radical (unpaired) electrons. The van der Waals surface area contributed by atoms with Gasteiger partial charge in [0.2, 0.25) is 15.2 Å². The van der Waals surface area contributed by atoms with Crippen LogP contribution in [0.4, 0.5) is 16.5 Å². The Morgan fingerprint density at radius 1 is 1.00 bits per heavy atom. The zero-order chi connectivity index (χ0) is 21.9. The van der Waals surface area contributed by atoms with Crippen LogP contribution in [0.1, 0.15) is 10.4 Å². The highest BCUT2D eigenvalue weighted by atomic mass is 32.2. The molecule has 0 saturated carbocycles. The molecule has 0 aliphatic rings. The maximum atomic E-state index is 12.6. The summed E-state index contributed by atoms with van der Waals surface area (Å²) in [7, 11) is -6.24. The van der Waals surface area contributed by atoms with Crippen LogP contribution in [0.3, 0.4) is 0 Å². The number of carbonyl (C=O) groups is 1. The Morgan fingerprint density at radius 2 is 1.70 bits per heavy atom. The van der Waals surface area contributed by atoms with Gasteiger partial charge >= 0.3 is 0 Å². The van der Waals surface area contributed by atoms with Crippen molar-refractivity contribution in [1.82, 2.24) is 10.2 Å². The van der Waals surface area contributed by atoms with Gasteiger partial charge in [-0.25, -0.2) is 8.42 Å². The van der Waals surface area contributed by atoms with Gasteiger partial charge in [0.1, 0.15) is 0 Å². The van der Waals surface area contributed by atoms with Gasteiger partial charge in [-0.3, -0.25) is 19.1 Å². The van der Waals surface area contributed by atoms with Crippen molar-refractivity contribution in [3.63, 3.8) is 0 Å². The molecule has 3 aromatic rings. The lowest BCUT2D eigenvalue weighted by atomic mass is 10.2. The smallest absolute Gasteiger partial charge is 0.291 e. The van der Waals surface area contributed by atoms with Gasteiger partial charge in [-0.15, -0.1) is 10.2 Å². The molecule has 1 amide bonds. The summed E-state index contributed by atoms with van der Waals surface area (Å²) in [6, 6.07) is 14.3. The van der Waals surface area contributed by atoms with Crippen LogP contribution in [-0.4, -0.2) is 46.2 Å². The van der Waals surface area contributed by atoms with Crippen LogP contribution in [-0.2, 0) is 20.0 Å². The molecule has 0 spiro atoms. The van der Waals surface area contributed by atoms with E-state index in [9.17, 15) is 21.6 Å². The number of hydrogen-bond acceptors (Lipinski definition) is 8. The first-order chi connectivity index (χ1) is 14.1. The van der Waals surface area contributed by atoms with Crippen molar-refractivity contribution in [2.24, 2.45) is 0 Å². The van der Waals surface area contributed by atoms with E-state index >= 15 is 0 Å². The van der Waals surface area contributed by atoms with Crippen LogP contribution in [0.5, 0.6) is 0 Å². The molecular formula is C17H17N5O5S3. The van der Waals surface area contributed by atoms with E-state index in [2.05, 4.69) is 20.2 Å². The molecule has 0 saturated heterocycles. The normalized spacial score (nSPS) is 11.7. The number of benzene rings is 2. The maximum absolute atomic E-state index is 12.6. The molecule has 2 N–H and O–H groups in total. The Hall–Kier alpha value is -3.03. The Labute approximate surface area is 177 Å². The molecule has 1 aromatic heterocycles. The Bertz CT molecular complexity index is 1270. The number of nitrogens with one attached hydrogen (secondary N) is 2. The van der Waals surface area contributed by atoms with E-state index in [1.165, 1.54) is 31.3 Å². The van der Waals surface area contributed by atoms with Gasteiger partial charge in [0.25, 0.3) is 20.3 Å².